The smallest absolute Gasteiger partial charge is 0.249 e. The molecule has 2 N–H and O–H groups in total. The average molecular weight is 216 g/mol. The molecule has 0 aromatic heterocycles. The lowest BCUT2D eigenvalue weighted by atomic mass is 10.2. The molecule has 0 bridgehead atoms. The van der Waals surface area contributed by atoms with Crippen LogP contribution in [0.3, 0.4) is 0 Å². The molecule has 0 spiro atoms. The van der Waals surface area contributed by atoms with E-state index in [-0.39, 0.29) is 12.0 Å². The Bertz CT molecular complexity index is 182. The standard InChI is InChI=1S/C10H20N2O3/c1-14-8-6-11-4-5-12-10(13)9-3-2-7-15-9/h9,11H,2-8H2,1H3,(H,12,13)/t9-/m0/s1. The summed E-state index contributed by atoms with van der Waals surface area (Å²) in [5, 5.41) is 5.99. The fourth-order valence-corrected chi connectivity index (χ4v) is 1.47. The average Bonchev–Trinajstić information content (AvgIpc) is 2.76. The number of ether oxygens (including phenoxy) is 2. The Balaban J connectivity index is 1.92. The zero-order valence-corrected chi connectivity index (χ0v) is 9.25. The lowest BCUT2D eigenvalue weighted by Crippen LogP contribution is -2.38. The van der Waals surface area contributed by atoms with Gasteiger partial charge in [-0.1, -0.05) is 0 Å². The third kappa shape index (κ3) is 5.11. The highest BCUT2D eigenvalue weighted by Gasteiger charge is 2.22. The third-order valence-corrected chi connectivity index (χ3v) is 2.31. The van der Waals surface area contributed by atoms with Crippen molar-refractivity contribution in [3.05, 3.63) is 0 Å². The van der Waals surface area contributed by atoms with Crippen molar-refractivity contribution in [2.45, 2.75) is 18.9 Å². The number of amides is 1. The summed E-state index contributed by atoms with van der Waals surface area (Å²) < 4.78 is 10.1. The topological polar surface area (TPSA) is 59.6 Å². The van der Waals surface area contributed by atoms with Gasteiger partial charge in [0.1, 0.15) is 6.10 Å². The van der Waals surface area contributed by atoms with E-state index in [0.717, 1.165) is 25.9 Å². The van der Waals surface area contributed by atoms with E-state index in [1.807, 2.05) is 0 Å². The second-order valence-corrected chi connectivity index (χ2v) is 3.54. The Kier molecular flexibility index (Phi) is 6.31. The highest BCUT2D eigenvalue weighted by atomic mass is 16.5. The number of hydrogen-bond donors (Lipinski definition) is 2. The van der Waals surface area contributed by atoms with Crippen LogP contribution in [-0.4, -0.2) is 52.0 Å². The third-order valence-electron chi connectivity index (χ3n) is 2.31. The molecule has 15 heavy (non-hydrogen) atoms. The number of carbonyl (C=O) groups is 1. The Hall–Kier alpha value is -0.650. The van der Waals surface area contributed by atoms with Crippen molar-refractivity contribution in [3.8, 4) is 0 Å². The molecule has 0 saturated carbocycles. The van der Waals surface area contributed by atoms with Crippen LogP contribution in [0.5, 0.6) is 0 Å². The van der Waals surface area contributed by atoms with Crippen LogP contribution in [0.1, 0.15) is 12.8 Å². The van der Waals surface area contributed by atoms with Gasteiger partial charge in [-0.2, -0.15) is 0 Å². The van der Waals surface area contributed by atoms with Crippen LogP contribution >= 0.6 is 0 Å². The molecule has 88 valence electrons. The molecule has 5 heteroatoms. The minimum Gasteiger partial charge on any atom is -0.383 e. The molecular weight excluding hydrogens is 196 g/mol. The molecule has 1 atom stereocenters. The maximum Gasteiger partial charge on any atom is 0.249 e. The Morgan fingerprint density at radius 3 is 3.00 bits per heavy atom. The molecule has 0 aromatic carbocycles. The van der Waals surface area contributed by atoms with E-state index in [9.17, 15) is 4.79 Å². The predicted octanol–water partition coefficient (Wildman–Crippen LogP) is -0.482. The summed E-state index contributed by atoms with van der Waals surface area (Å²) in [5.74, 6) is 0.0149. The molecule has 0 aromatic rings. The van der Waals surface area contributed by atoms with Gasteiger partial charge < -0.3 is 20.1 Å². The summed E-state index contributed by atoms with van der Waals surface area (Å²) in [4.78, 5) is 11.4. The lowest BCUT2D eigenvalue weighted by molar-refractivity contribution is -0.129. The minimum absolute atomic E-state index is 0.0149. The Morgan fingerprint density at radius 2 is 2.33 bits per heavy atom. The largest absolute Gasteiger partial charge is 0.383 e. The zero-order chi connectivity index (χ0) is 10.9. The van der Waals surface area contributed by atoms with Gasteiger partial charge in [-0.15, -0.1) is 0 Å². The van der Waals surface area contributed by atoms with Crippen LogP contribution in [0.4, 0.5) is 0 Å². The summed E-state index contributed by atoms with van der Waals surface area (Å²) in [7, 11) is 1.67. The zero-order valence-electron chi connectivity index (χ0n) is 9.25. The predicted molar refractivity (Wildman–Crippen MR) is 56.7 cm³/mol. The SMILES string of the molecule is COCCNCCNC(=O)[C@@H]1CCCO1. The molecule has 1 saturated heterocycles. The monoisotopic (exact) mass is 216 g/mol. The maximum absolute atomic E-state index is 11.4. The van der Waals surface area contributed by atoms with Crippen LogP contribution < -0.4 is 10.6 Å². The normalized spacial score (nSPS) is 20.5. The molecule has 1 amide bonds. The van der Waals surface area contributed by atoms with Gasteiger partial charge >= 0.3 is 0 Å². The molecule has 0 unspecified atom stereocenters. The van der Waals surface area contributed by atoms with Crippen molar-refractivity contribution in [2.24, 2.45) is 0 Å². The van der Waals surface area contributed by atoms with Gasteiger partial charge in [0.05, 0.1) is 6.61 Å². The minimum atomic E-state index is -0.219. The van der Waals surface area contributed by atoms with Crippen LogP contribution in [0.2, 0.25) is 0 Å². The van der Waals surface area contributed by atoms with E-state index in [2.05, 4.69) is 10.6 Å². The quantitative estimate of drug-likeness (QED) is 0.564. The first-order valence-electron chi connectivity index (χ1n) is 5.43. The molecule has 1 aliphatic heterocycles. The number of nitrogens with one attached hydrogen (secondary N) is 2. The van der Waals surface area contributed by atoms with Crippen molar-refractivity contribution in [1.29, 1.82) is 0 Å². The second kappa shape index (κ2) is 7.62. The van der Waals surface area contributed by atoms with Gasteiger partial charge in [-0.05, 0) is 12.8 Å². The maximum atomic E-state index is 11.4. The van der Waals surface area contributed by atoms with Crippen LogP contribution in [0, 0.1) is 0 Å². The number of carbonyl (C=O) groups excluding carboxylic acids is 1. The summed E-state index contributed by atoms with van der Waals surface area (Å²) in [6.07, 6.45) is 1.62. The second-order valence-electron chi connectivity index (χ2n) is 3.54. The highest BCUT2D eigenvalue weighted by Crippen LogP contribution is 2.11. The molecule has 0 aliphatic carbocycles. The van der Waals surface area contributed by atoms with Crippen molar-refractivity contribution < 1.29 is 14.3 Å². The van der Waals surface area contributed by atoms with E-state index >= 15 is 0 Å². The summed E-state index contributed by atoms with van der Waals surface area (Å²) >= 11 is 0. The van der Waals surface area contributed by atoms with Gasteiger partial charge in [0.15, 0.2) is 0 Å². The first-order valence-corrected chi connectivity index (χ1v) is 5.43. The van der Waals surface area contributed by atoms with Gasteiger partial charge in [-0.3, -0.25) is 4.79 Å². The van der Waals surface area contributed by atoms with Crippen molar-refractivity contribution in [2.75, 3.05) is 40.0 Å². The fraction of sp³-hybridized carbons (Fsp3) is 0.900. The van der Waals surface area contributed by atoms with E-state index in [1.165, 1.54) is 0 Å². The molecular formula is C10H20N2O3. The molecule has 1 fully saturated rings. The summed E-state index contributed by atoms with van der Waals surface area (Å²) in [5.41, 5.74) is 0. The molecule has 1 aliphatic rings. The summed E-state index contributed by atoms with van der Waals surface area (Å²) in [6, 6.07) is 0. The van der Waals surface area contributed by atoms with E-state index < -0.39 is 0 Å². The molecule has 5 nitrogen and oxygen atoms in total. The molecule has 0 radical (unpaired) electrons. The van der Waals surface area contributed by atoms with Gasteiger partial charge in [-0.25, -0.2) is 0 Å². The van der Waals surface area contributed by atoms with E-state index in [1.54, 1.807) is 7.11 Å². The first-order chi connectivity index (χ1) is 7.34. The number of methoxy groups -OCH3 is 1. The van der Waals surface area contributed by atoms with Crippen LogP contribution in [-0.2, 0) is 14.3 Å². The number of rotatable bonds is 7. The van der Waals surface area contributed by atoms with Gasteiger partial charge in [0.2, 0.25) is 5.91 Å². The van der Waals surface area contributed by atoms with Crippen molar-refractivity contribution in [3.63, 3.8) is 0 Å². The first kappa shape index (κ1) is 12.4. The van der Waals surface area contributed by atoms with Crippen LogP contribution in [0.25, 0.3) is 0 Å². The fourth-order valence-electron chi connectivity index (χ4n) is 1.47. The van der Waals surface area contributed by atoms with Crippen molar-refractivity contribution >= 4 is 5.91 Å². The molecule has 1 rings (SSSR count). The van der Waals surface area contributed by atoms with E-state index in [4.69, 9.17) is 9.47 Å². The van der Waals surface area contributed by atoms with Crippen molar-refractivity contribution in [1.82, 2.24) is 10.6 Å². The lowest BCUT2D eigenvalue weighted by Gasteiger charge is -2.10. The Labute approximate surface area is 90.5 Å². The molecule has 1 heterocycles. The van der Waals surface area contributed by atoms with Gasteiger partial charge in [0, 0.05) is 33.4 Å². The summed E-state index contributed by atoms with van der Waals surface area (Å²) in [6.45, 7) is 3.63. The van der Waals surface area contributed by atoms with Crippen LogP contribution in [0.15, 0.2) is 0 Å². The Morgan fingerprint density at radius 1 is 1.47 bits per heavy atom. The van der Waals surface area contributed by atoms with E-state index in [0.29, 0.717) is 19.8 Å². The number of hydrogen-bond acceptors (Lipinski definition) is 4. The highest BCUT2D eigenvalue weighted by molar-refractivity contribution is 5.80. The van der Waals surface area contributed by atoms with Gasteiger partial charge in [0.25, 0.3) is 0 Å².